The number of halogens is 3. The fourth-order valence-corrected chi connectivity index (χ4v) is 1.51. The Kier molecular flexibility index (Phi) is 4.66. The number of rotatable bonds is 1. The van der Waals surface area contributed by atoms with E-state index in [1.807, 2.05) is 0 Å². The standard InChI is InChI=1S/C7H5F3O3S.Na/c8-7(9,10)14(12,13)6-3-1-5(11)2-4-6;/h1-4,11H;/q;+1/p-1. The van der Waals surface area contributed by atoms with Gasteiger partial charge >= 0.3 is 35.1 Å². The fourth-order valence-electron chi connectivity index (χ4n) is 0.752. The summed E-state index contributed by atoms with van der Waals surface area (Å²) < 4.78 is 57.3. The predicted molar refractivity (Wildman–Crippen MR) is 39.1 cm³/mol. The van der Waals surface area contributed by atoms with Crippen LogP contribution in [0.2, 0.25) is 0 Å². The molecule has 0 N–H and O–H groups in total. The Morgan fingerprint density at radius 1 is 1.07 bits per heavy atom. The van der Waals surface area contributed by atoms with Crippen molar-refractivity contribution in [2.24, 2.45) is 0 Å². The van der Waals surface area contributed by atoms with Crippen molar-refractivity contribution in [1.82, 2.24) is 0 Å². The molecule has 0 unspecified atom stereocenters. The first kappa shape index (κ1) is 14.8. The molecule has 0 atom stereocenters. The Bertz CT molecular complexity index is 424. The van der Waals surface area contributed by atoms with E-state index in [1.165, 1.54) is 0 Å². The third-order valence-electron chi connectivity index (χ3n) is 1.44. The van der Waals surface area contributed by atoms with Gasteiger partial charge in [-0.1, -0.05) is 12.1 Å². The number of sulfone groups is 1. The van der Waals surface area contributed by atoms with Gasteiger partial charge in [-0.15, -0.1) is 5.75 Å². The first-order chi connectivity index (χ1) is 6.25. The Hall–Kier alpha value is -0.240. The Morgan fingerprint density at radius 3 is 1.80 bits per heavy atom. The van der Waals surface area contributed by atoms with Crippen LogP contribution >= 0.6 is 0 Å². The molecule has 0 bridgehead atoms. The molecule has 0 fully saturated rings. The van der Waals surface area contributed by atoms with Gasteiger partial charge in [-0.25, -0.2) is 8.42 Å². The second-order valence-corrected chi connectivity index (χ2v) is 4.36. The maximum atomic E-state index is 12.0. The molecule has 1 aromatic rings. The smallest absolute Gasteiger partial charge is 0.872 e. The van der Waals surface area contributed by atoms with Crippen LogP contribution in [0.4, 0.5) is 13.2 Å². The average molecular weight is 248 g/mol. The Balaban J connectivity index is 0.00000196. The largest absolute Gasteiger partial charge is 1.00 e. The number of hydrogen-bond acceptors (Lipinski definition) is 3. The van der Waals surface area contributed by atoms with Gasteiger partial charge in [0.1, 0.15) is 0 Å². The van der Waals surface area contributed by atoms with Gasteiger partial charge in [0, 0.05) is 0 Å². The van der Waals surface area contributed by atoms with E-state index in [-0.39, 0.29) is 29.6 Å². The van der Waals surface area contributed by atoms with Crippen molar-refractivity contribution in [3.63, 3.8) is 0 Å². The molecule has 0 radical (unpaired) electrons. The summed E-state index contributed by atoms with van der Waals surface area (Å²) in [6.45, 7) is 0. The second-order valence-electron chi connectivity index (χ2n) is 2.42. The minimum Gasteiger partial charge on any atom is -0.872 e. The van der Waals surface area contributed by atoms with Gasteiger partial charge in [0.25, 0.3) is 9.84 Å². The van der Waals surface area contributed by atoms with E-state index >= 15 is 0 Å². The molecule has 0 heterocycles. The van der Waals surface area contributed by atoms with Crippen LogP contribution in [0, 0.1) is 0 Å². The molecular weight excluding hydrogens is 244 g/mol. The summed E-state index contributed by atoms with van der Waals surface area (Å²) in [5, 5.41) is 10.5. The van der Waals surface area contributed by atoms with Crippen LogP contribution in [0.3, 0.4) is 0 Å². The van der Waals surface area contributed by atoms with Crippen molar-refractivity contribution in [2.45, 2.75) is 10.4 Å². The zero-order chi connectivity index (χ0) is 11.0. The zero-order valence-electron chi connectivity index (χ0n) is 7.58. The van der Waals surface area contributed by atoms with E-state index in [2.05, 4.69) is 0 Å². The number of benzene rings is 1. The molecule has 0 aliphatic carbocycles. The maximum absolute atomic E-state index is 12.0. The molecule has 8 heteroatoms. The summed E-state index contributed by atoms with van der Waals surface area (Å²) >= 11 is 0. The summed E-state index contributed by atoms with van der Waals surface area (Å²) in [6.07, 6.45) is 0. The van der Waals surface area contributed by atoms with Crippen LogP contribution in [0.25, 0.3) is 0 Å². The predicted octanol–water partition coefficient (Wildman–Crippen LogP) is -1.94. The monoisotopic (exact) mass is 248 g/mol. The SMILES string of the molecule is O=S(=O)(c1ccc([O-])cc1)C(F)(F)F.[Na+]. The average Bonchev–Trinajstić information content (AvgIpc) is 2.03. The topological polar surface area (TPSA) is 57.2 Å². The van der Waals surface area contributed by atoms with Gasteiger partial charge in [0.2, 0.25) is 0 Å². The molecule has 3 nitrogen and oxygen atoms in total. The molecule has 78 valence electrons. The van der Waals surface area contributed by atoms with Crippen LogP contribution in [0.5, 0.6) is 5.75 Å². The van der Waals surface area contributed by atoms with Crippen molar-refractivity contribution in [1.29, 1.82) is 0 Å². The van der Waals surface area contributed by atoms with E-state index in [0.717, 1.165) is 12.1 Å². The molecule has 0 saturated carbocycles. The number of alkyl halides is 3. The van der Waals surface area contributed by atoms with Gasteiger partial charge < -0.3 is 5.11 Å². The van der Waals surface area contributed by atoms with Crippen LogP contribution in [0.1, 0.15) is 0 Å². The first-order valence-electron chi connectivity index (χ1n) is 3.33. The molecule has 0 amide bonds. The molecule has 15 heavy (non-hydrogen) atoms. The van der Waals surface area contributed by atoms with Gasteiger partial charge in [0.15, 0.2) is 0 Å². The maximum Gasteiger partial charge on any atom is 1.00 e. The van der Waals surface area contributed by atoms with E-state index in [4.69, 9.17) is 0 Å². The molecule has 0 aliphatic rings. The van der Waals surface area contributed by atoms with Gasteiger partial charge in [-0.2, -0.15) is 13.2 Å². The van der Waals surface area contributed by atoms with Gasteiger partial charge in [-0.3, -0.25) is 0 Å². The van der Waals surface area contributed by atoms with E-state index in [9.17, 15) is 26.7 Å². The second kappa shape index (κ2) is 4.73. The summed E-state index contributed by atoms with van der Waals surface area (Å²) in [7, 11) is -5.33. The van der Waals surface area contributed by atoms with E-state index in [1.54, 1.807) is 0 Å². The van der Waals surface area contributed by atoms with Crippen LogP contribution in [-0.4, -0.2) is 13.9 Å². The molecule has 1 aromatic carbocycles. The first-order valence-corrected chi connectivity index (χ1v) is 4.82. The van der Waals surface area contributed by atoms with Gasteiger partial charge in [0.05, 0.1) is 4.90 Å². The van der Waals surface area contributed by atoms with Gasteiger partial charge in [-0.05, 0) is 12.1 Å². The minimum atomic E-state index is -5.34. The van der Waals surface area contributed by atoms with E-state index < -0.39 is 26.0 Å². The molecular formula is C7H4F3NaO3S. The Morgan fingerprint density at radius 2 is 1.47 bits per heavy atom. The van der Waals surface area contributed by atoms with Crippen LogP contribution in [-0.2, 0) is 9.84 Å². The van der Waals surface area contributed by atoms with Crippen molar-refractivity contribution in [3.05, 3.63) is 24.3 Å². The Labute approximate surface area is 106 Å². The van der Waals surface area contributed by atoms with Crippen molar-refractivity contribution in [2.75, 3.05) is 0 Å². The minimum absolute atomic E-state index is 0. The van der Waals surface area contributed by atoms with Crippen LogP contribution in [0.15, 0.2) is 29.2 Å². The third-order valence-corrected chi connectivity index (χ3v) is 2.94. The summed E-state index contributed by atoms with van der Waals surface area (Å²) in [6, 6.07) is 2.79. The van der Waals surface area contributed by atoms with E-state index in [0.29, 0.717) is 12.1 Å². The van der Waals surface area contributed by atoms with Crippen molar-refractivity contribution >= 4 is 9.84 Å². The molecule has 0 aliphatic heterocycles. The summed E-state index contributed by atoms with van der Waals surface area (Å²) in [4.78, 5) is -0.926. The summed E-state index contributed by atoms with van der Waals surface area (Å²) in [5.41, 5.74) is -5.34. The van der Waals surface area contributed by atoms with Crippen molar-refractivity contribution in [3.8, 4) is 5.75 Å². The molecule has 0 saturated heterocycles. The number of hydrogen-bond donors (Lipinski definition) is 0. The van der Waals surface area contributed by atoms with Crippen molar-refractivity contribution < 1.29 is 56.3 Å². The summed E-state index contributed by atoms with van der Waals surface area (Å²) in [5.74, 6) is -0.550. The molecule has 0 aromatic heterocycles. The third kappa shape index (κ3) is 3.10. The molecule has 0 spiro atoms. The quantitative estimate of drug-likeness (QED) is 0.543. The molecule has 1 rings (SSSR count). The normalized spacial score (nSPS) is 11.9. The fraction of sp³-hybridized carbons (Fsp3) is 0.143. The zero-order valence-corrected chi connectivity index (χ0v) is 10.4. The van der Waals surface area contributed by atoms with Crippen LogP contribution < -0.4 is 34.7 Å².